The fourth-order valence-corrected chi connectivity index (χ4v) is 1.98. The van der Waals surface area contributed by atoms with Gasteiger partial charge in [-0.3, -0.25) is 9.36 Å². The van der Waals surface area contributed by atoms with E-state index in [-0.39, 0.29) is 0 Å². The minimum absolute atomic E-state index is 0.723. The van der Waals surface area contributed by atoms with Crippen LogP contribution in [-0.2, 0) is 0 Å². The lowest BCUT2D eigenvalue weighted by atomic mass is 10.4. The summed E-state index contributed by atoms with van der Waals surface area (Å²) in [6.45, 7) is 1.97. The Morgan fingerprint density at radius 1 is 1.46 bits per heavy atom. The maximum absolute atomic E-state index is 10.5. The monoisotopic (exact) mass is 193 g/mol. The topological polar surface area (TPSA) is 47.8 Å². The second-order valence-electron chi connectivity index (χ2n) is 2.58. The van der Waals surface area contributed by atoms with Crippen LogP contribution in [0, 0.1) is 6.92 Å². The van der Waals surface area contributed by atoms with Crippen molar-refractivity contribution in [2.45, 2.75) is 6.92 Å². The molecule has 2 aromatic heterocycles. The molecule has 2 heterocycles. The van der Waals surface area contributed by atoms with Crippen molar-refractivity contribution in [3.05, 3.63) is 28.5 Å². The van der Waals surface area contributed by atoms with E-state index in [1.165, 1.54) is 11.3 Å². The Balaban J connectivity index is 2.52. The van der Waals surface area contributed by atoms with E-state index in [0.29, 0.717) is 0 Å². The van der Waals surface area contributed by atoms with Crippen molar-refractivity contribution < 1.29 is 4.79 Å². The number of rotatable bonds is 2. The normalized spacial score (nSPS) is 10.2. The van der Waals surface area contributed by atoms with E-state index < -0.39 is 0 Å². The molecular formula is C8H7N3OS. The van der Waals surface area contributed by atoms with Gasteiger partial charge in [0.05, 0.1) is 10.6 Å². The Morgan fingerprint density at radius 2 is 2.15 bits per heavy atom. The number of carbonyl (C=O) groups is 1. The maximum Gasteiger partial charge on any atom is 0.160 e. The van der Waals surface area contributed by atoms with Gasteiger partial charge in [0.15, 0.2) is 6.29 Å². The van der Waals surface area contributed by atoms with Crippen molar-refractivity contribution in [3.8, 4) is 5.69 Å². The summed E-state index contributed by atoms with van der Waals surface area (Å²) < 4.78 is 1.79. The van der Waals surface area contributed by atoms with E-state index in [1.807, 2.05) is 13.0 Å². The molecule has 0 radical (unpaired) electrons. The van der Waals surface area contributed by atoms with Crippen LogP contribution in [0.1, 0.15) is 14.5 Å². The first-order chi connectivity index (χ1) is 6.31. The smallest absolute Gasteiger partial charge is 0.160 e. The summed E-state index contributed by atoms with van der Waals surface area (Å²) in [5, 5.41) is 7.41. The molecule has 5 heteroatoms. The number of aldehydes is 1. The number of hydrogen-bond acceptors (Lipinski definition) is 4. The molecular weight excluding hydrogens is 186 g/mol. The van der Waals surface area contributed by atoms with Crippen molar-refractivity contribution >= 4 is 17.6 Å². The average molecular weight is 193 g/mol. The number of aryl methyl sites for hydroxylation is 1. The van der Waals surface area contributed by atoms with E-state index in [1.54, 1.807) is 17.2 Å². The van der Waals surface area contributed by atoms with Crippen molar-refractivity contribution in [1.82, 2.24) is 14.8 Å². The van der Waals surface area contributed by atoms with Gasteiger partial charge in [-0.25, -0.2) is 0 Å². The molecule has 2 aromatic rings. The van der Waals surface area contributed by atoms with Gasteiger partial charge in [-0.2, -0.15) is 0 Å². The molecule has 0 saturated heterocycles. The Kier molecular flexibility index (Phi) is 1.94. The minimum atomic E-state index is 0.723. The van der Waals surface area contributed by atoms with Crippen LogP contribution in [0.25, 0.3) is 5.69 Å². The van der Waals surface area contributed by atoms with Crippen LogP contribution in [0.15, 0.2) is 18.7 Å². The molecule has 0 N–H and O–H groups in total. The molecule has 0 aliphatic carbocycles. The van der Waals surface area contributed by atoms with Gasteiger partial charge in [-0.1, -0.05) is 0 Å². The fraction of sp³-hybridized carbons (Fsp3) is 0.125. The third kappa shape index (κ3) is 1.38. The Hall–Kier alpha value is -1.49. The van der Waals surface area contributed by atoms with Gasteiger partial charge in [0, 0.05) is 4.88 Å². The lowest BCUT2D eigenvalue weighted by Crippen LogP contribution is -1.88. The molecule has 66 valence electrons. The second-order valence-corrected chi connectivity index (χ2v) is 3.87. The SMILES string of the molecule is Cc1sc(C=O)cc1-n1cnnc1. The third-order valence-corrected chi connectivity index (χ3v) is 2.69. The predicted octanol–water partition coefficient (Wildman–Crippen LogP) is 1.45. The molecule has 0 unspecified atom stereocenters. The van der Waals surface area contributed by atoms with E-state index >= 15 is 0 Å². The highest BCUT2D eigenvalue weighted by Gasteiger charge is 2.05. The third-order valence-electron chi connectivity index (χ3n) is 1.72. The molecule has 0 spiro atoms. The summed E-state index contributed by atoms with van der Waals surface area (Å²) >= 11 is 1.47. The van der Waals surface area contributed by atoms with Crippen LogP contribution < -0.4 is 0 Å². The number of carbonyl (C=O) groups excluding carboxylic acids is 1. The number of thiophene rings is 1. The van der Waals surface area contributed by atoms with E-state index in [9.17, 15) is 4.79 Å². The number of nitrogens with zero attached hydrogens (tertiary/aromatic N) is 3. The molecule has 0 atom stereocenters. The van der Waals surface area contributed by atoms with Crippen LogP contribution in [0.5, 0.6) is 0 Å². The molecule has 13 heavy (non-hydrogen) atoms. The van der Waals surface area contributed by atoms with Crippen LogP contribution in [0.4, 0.5) is 0 Å². The van der Waals surface area contributed by atoms with Crippen LogP contribution in [-0.4, -0.2) is 21.1 Å². The lowest BCUT2D eigenvalue weighted by molar-refractivity contribution is 0.112. The van der Waals surface area contributed by atoms with Crippen LogP contribution in [0.3, 0.4) is 0 Å². The maximum atomic E-state index is 10.5. The van der Waals surface area contributed by atoms with Gasteiger partial charge < -0.3 is 0 Å². The molecule has 0 bridgehead atoms. The summed E-state index contributed by atoms with van der Waals surface area (Å²) in [4.78, 5) is 12.3. The van der Waals surface area contributed by atoms with Crippen LogP contribution >= 0.6 is 11.3 Å². The first-order valence-electron chi connectivity index (χ1n) is 3.72. The zero-order valence-corrected chi connectivity index (χ0v) is 7.78. The molecule has 0 fully saturated rings. The minimum Gasteiger partial charge on any atom is -0.297 e. The molecule has 2 rings (SSSR count). The molecule has 0 aliphatic rings. The van der Waals surface area contributed by atoms with E-state index in [4.69, 9.17) is 0 Å². The van der Waals surface area contributed by atoms with Crippen molar-refractivity contribution in [1.29, 1.82) is 0 Å². The number of aromatic nitrogens is 3. The second kappa shape index (κ2) is 3.10. The highest BCUT2D eigenvalue weighted by Crippen LogP contribution is 2.22. The van der Waals surface area contributed by atoms with Gasteiger partial charge in [0.2, 0.25) is 0 Å². The number of hydrogen-bond donors (Lipinski definition) is 0. The lowest BCUT2D eigenvalue weighted by Gasteiger charge is -1.96. The van der Waals surface area contributed by atoms with E-state index in [2.05, 4.69) is 10.2 Å². The molecule has 0 saturated carbocycles. The molecule has 0 aliphatic heterocycles. The van der Waals surface area contributed by atoms with Gasteiger partial charge in [-0.15, -0.1) is 21.5 Å². The Bertz CT molecular complexity index is 419. The van der Waals surface area contributed by atoms with Crippen molar-refractivity contribution in [3.63, 3.8) is 0 Å². The zero-order valence-electron chi connectivity index (χ0n) is 6.97. The summed E-state index contributed by atoms with van der Waals surface area (Å²) in [5.74, 6) is 0. The predicted molar refractivity (Wildman–Crippen MR) is 49.4 cm³/mol. The first kappa shape index (κ1) is 8.12. The molecule has 0 amide bonds. The van der Waals surface area contributed by atoms with Crippen molar-refractivity contribution in [2.75, 3.05) is 0 Å². The summed E-state index contributed by atoms with van der Waals surface area (Å²) in [6, 6.07) is 1.83. The molecule has 0 aromatic carbocycles. The van der Waals surface area contributed by atoms with Gasteiger partial charge in [0.25, 0.3) is 0 Å². The van der Waals surface area contributed by atoms with Gasteiger partial charge in [0.1, 0.15) is 12.7 Å². The summed E-state index contributed by atoms with van der Waals surface area (Å²) in [6.07, 6.45) is 4.08. The van der Waals surface area contributed by atoms with E-state index in [0.717, 1.165) is 21.7 Å². The quantitative estimate of drug-likeness (QED) is 0.678. The van der Waals surface area contributed by atoms with Gasteiger partial charge in [-0.05, 0) is 13.0 Å². The fourth-order valence-electron chi connectivity index (χ4n) is 1.13. The first-order valence-corrected chi connectivity index (χ1v) is 4.53. The highest BCUT2D eigenvalue weighted by molar-refractivity contribution is 7.14. The highest BCUT2D eigenvalue weighted by atomic mass is 32.1. The standard InChI is InChI=1S/C8H7N3OS/c1-6-8(2-7(3-12)13-6)11-4-9-10-5-11/h2-5H,1H3. The Morgan fingerprint density at radius 3 is 2.69 bits per heavy atom. The Labute approximate surface area is 78.8 Å². The van der Waals surface area contributed by atoms with Crippen molar-refractivity contribution in [2.24, 2.45) is 0 Å². The average Bonchev–Trinajstić information content (AvgIpc) is 2.72. The molecule has 4 nitrogen and oxygen atoms in total. The summed E-state index contributed by atoms with van der Waals surface area (Å²) in [7, 11) is 0. The van der Waals surface area contributed by atoms with Crippen LogP contribution in [0.2, 0.25) is 0 Å². The summed E-state index contributed by atoms with van der Waals surface area (Å²) in [5.41, 5.74) is 0.970. The zero-order chi connectivity index (χ0) is 9.26. The van der Waals surface area contributed by atoms with Gasteiger partial charge >= 0.3 is 0 Å². The largest absolute Gasteiger partial charge is 0.297 e.